The van der Waals surface area contributed by atoms with Crippen LogP contribution in [-0.4, -0.2) is 6.11 Å². The third-order valence-electron chi connectivity index (χ3n) is 7.29. The van der Waals surface area contributed by atoms with Gasteiger partial charge in [-0.1, -0.05) is 25.0 Å². The normalized spacial score (nSPS) is 25.9. The van der Waals surface area contributed by atoms with Crippen LogP contribution in [0.4, 0.5) is 26.3 Å². The molecular formula is C26H32F6O2. The molecule has 2 saturated carbocycles. The van der Waals surface area contributed by atoms with E-state index < -0.39 is 41.4 Å². The van der Waals surface area contributed by atoms with Crippen LogP contribution in [0, 0.1) is 29.5 Å². The average Bonchev–Trinajstić information content (AvgIpc) is 2.81. The number of halogens is 6. The summed E-state index contributed by atoms with van der Waals surface area (Å²) in [4.78, 5) is 0. The number of hydrogen-bond acceptors (Lipinski definition) is 2. The lowest BCUT2D eigenvalue weighted by Gasteiger charge is -2.39. The Bertz CT molecular complexity index is 849. The van der Waals surface area contributed by atoms with Crippen LogP contribution < -0.4 is 9.47 Å². The Balaban J connectivity index is 1.48. The van der Waals surface area contributed by atoms with Gasteiger partial charge in [-0.05, 0) is 88.2 Å². The number of alkyl halides is 2. The van der Waals surface area contributed by atoms with Crippen molar-refractivity contribution in [3.8, 4) is 11.5 Å². The van der Waals surface area contributed by atoms with E-state index in [2.05, 4.69) is 16.9 Å². The SMILES string of the molecule is C/C=C/CCC1CCC(C2CCC(C(F)(F)Oc3ccc(OC(F)=C(F)F)c(F)c3)CC2)CC1. The molecule has 0 aliphatic heterocycles. The van der Waals surface area contributed by atoms with Gasteiger partial charge in [0, 0.05) is 6.07 Å². The van der Waals surface area contributed by atoms with E-state index in [1.54, 1.807) is 0 Å². The van der Waals surface area contributed by atoms with Crippen LogP contribution in [0.3, 0.4) is 0 Å². The zero-order valence-electron chi connectivity index (χ0n) is 19.4. The summed E-state index contributed by atoms with van der Waals surface area (Å²) in [5, 5.41) is 0. The highest BCUT2D eigenvalue weighted by Crippen LogP contribution is 2.46. The summed E-state index contributed by atoms with van der Waals surface area (Å²) < 4.78 is 89.4. The van der Waals surface area contributed by atoms with Crippen LogP contribution in [0.15, 0.2) is 42.4 Å². The van der Waals surface area contributed by atoms with Crippen molar-refractivity contribution in [1.29, 1.82) is 0 Å². The maximum Gasteiger partial charge on any atom is 0.400 e. The quantitative estimate of drug-likeness (QED) is 0.195. The first kappa shape index (κ1) is 26.5. The Labute approximate surface area is 197 Å². The molecule has 0 heterocycles. The van der Waals surface area contributed by atoms with E-state index in [1.165, 1.54) is 32.1 Å². The van der Waals surface area contributed by atoms with E-state index in [0.717, 1.165) is 37.3 Å². The summed E-state index contributed by atoms with van der Waals surface area (Å²) in [6.45, 7) is 2.03. The lowest BCUT2D eigenvalue weighted by atomic mass is 9.68. The van der Waals surface area contributed by atoms with E-state index in [0.29, 0.717) is 30.7 Å². The van der Waals surface area contributed by atoms with E-state index in [4.69, 9.17) is 4.74 Å². The molecule has 8 heteroatoms. The number of hydrogen-bond donors (Lipinski definition) is 0. The summed E-state index contributed by atoms with van der Waals surface area (Å²) in [6, 6.07) is 0.0369. The van der Waals surface area contributed by atoms with Gasteiger partial charge in [0.05, 0.1) is 5.92 Å². The molecule has 0 aromatic heterocycles. The molecule has 0 spiro atoms. The Morgan fingerprint density at radius 2 is 1.59 bits per heavy atom. The average molecular weight is 491 g/mol. The highest BCUT2D eigenvalue weighted by Gasteiger charge is 2.45. The van der Waals surface area contributed by atoms with Gasteiger partial charge in [-0.3, -0.25) is 0 Å². The van der Waals surface area contributed by atoms with Gasteiger partial charge in [-0.25, -0.2) is 4.39 Å². The Morgan fingerprint density at radius 3 is 2.15 bits per heavy atom. The van der Waals surface area contributed by atoms with Crippen molar-refractivity contribution in [3.05, 3.63) is 48.3 Å². The fraction of sp³-hybridized carbons (Fsp3) is 0.615. The molecule has 2 nitrogen and oxygen atoms in total. The second-order valence-corrected chi connectivity index (χ2v) is 9.43. The Morgan fingerprint density at radius 1 is 0.971 bits per heavy atom. The topological polar surface area (TPSA) is 18.5 Å². The third kappa shape index (κ3) is 7.19. The molecule has 0 N–H and O–H groups in total. The fourth-order valence-corrected chi connectivity index (χ4v) is 5.38. The summed E-state index contributed by atoms with van der Waals surface area (Å²) in [5.41, 5.74) is 0. The van der Waals surface area contributed by atoms with Gasteiger partial charge in [0.15, 0.2) is 11.6 Å². The lowest BCUT2D eigenvalue weighted by molar-refractivity contribution is -0.224. The van der Waals surface area contributed by atoms with Crippen molar-refractivity contribution in [2.45, 2.75) is 77.2 Å². The standard InChI is InChI=1S/C26H32F6O2/c1-2-3-4-5-17-6-8-18(9-7-17)19-10-12-20(13-11-19)26(31,32)34-21-14-15-23(22(27)16-21)33-25(30)24(28)29/h2-3,14-20H,4-13H2,1H3/b3-2+. The molecule has 2 fully saturated rings. The highest BCUT2D eigenvalue weighted by atomic mass is 19.3. The van der Waals surface area contributed by atoms with Gasteiger partial charge in [0.1, 0.15) is 5.75 Å². The van der Waals surface area contributed by atoms with Gasteiger partial charge in [-0.15, -0.1) is 0 Å². The molecule has 1 aromatic rings. The first-order valence-electron chi connectivity index (χ1n) is 12.1. The van der Waals surface area contributed by atoms with Crippen molar-refractivity contribution in [2.24, 2.45) is 23.7 Å². The molecule has 2 aliphatic rings. The molecule has 0 amide bonds. The van der Waals surface area contributed by atoms with Crippen LogP contribution >= 0.6 is 0 Å². The van der Waals surface area contributed by atoms with Crippen LogP contribution in [0.5, 0.6) is 11.5 Å². The molecule has 3 rings (SSSR count). The first-order valence-corrected chi connectivity index (χ1v) is 12.1. The van der Waals surface area contributed by atoms with E-state index in [1.807, 2.05) is 6.92 Å². The Hall–Kier alpha value is -2.12. The highest BCUT2D eigenvalue weighted by molar-refractivity contribution is 5.34. The van der Waals surface area contributed by atoms with Gasteiger partial charge in [0.25, 0.3) is 0 Å². The van der Waals surface area contributed by atoms with Crippen LogP contribution in [0.25, 0.3) is 0 Å². The molecule has 190 valence electrons. The summed E-state index contributed by atoms with van der Waals surface area (Å²) in [5.74, 6) is -1.77. The molecule has 0 atom stereocenters. The zero-order valence-corrected chi connectivity index (χ0v) is 19.4. The van der Waals surface area contributed by atoms with Crippen molar-refractivity contribution in [3.63, 3.8) is 0 Å². The fourth-order valence-electron chi connectivity index (χ4n) is 5.38. The van der Waals surface area contributed by atoms with Crippen LogP contribution in [0.1, 0.15) is 71.1 Å². The number of ether oxygens (including phenoxy) is 2. The second kappa shape index (κ2) is 12.0. The predicted octanol–water partition coefficient (Wildman–Crippen LogP) is 9.18. The largest absolute Gasteiger partial charge is 0.432 e. The van der Waals surface area contributed by atoms with Crippen molar-refractivity contribution < 1.29 is 35.8 Å². The zero-order chi connectivity index (χ0) is 24.7. The van der Waals surface area contributed by atoms with Gasteiger partial charge in [0.2, 0.25) is 0 Å². The smallest absolute Gasteiger partial charge is 0.400 e. The minimum Gasteiger partial charge on any atom is -0.432 e. The first-order chi connectivity index (χ1) is 16.2. The van der Waals surface area contributed by atoms with Gasteiger partial charge < -0.3 is 9.47 Å². The molecule has 2 aliphatic carbocycles. The van der Waals surface area contributed by atoms with Gasteiger partial charge >= 0.3 is 18.2 Å². The maximum absolute atomic E-state index is 14.8. The lowest BCUT2D eigenvalue weighted by Crippen LogP contribution is -2.38. The van der Waals surface area contributed by atoms with Crippen LogP contribution in [-0.2, 0) is 0 Å². The molecule has 34 heavy (non-hydrogen) atoms. The predicted molar refractivity (Wildman–Crippen MR) is 118 cm³/mol. The summed E-state index contributed by atoms with van der Waals surface area (Å²) in [6.07, 6.45) is 7.23. The van der Waals surface area contributed by atoms with Crippen molar-refractivity contribution >= 4 is 0 Å². The van der Waals surface area contributed by atoms with Crippen molar-refractivity contribution in [1.82, 2.24) is 0 Å². The number of rotatable bonds is 9. The molecular weight excluding hydrogens is 458 g/mol. The molecule has 0 bridgehead atoms. The molecule has 0 radical (unpaired) electrons. The second-order valence-electron chi connectivity index (χ2n) is 9.43. The number of allylic oxidation sites excluding steroid dienone is 2. The minimum atomic E-state index is -3.50. The van der Waals surface area contributed by atoms with E-state index >= 15 is 0 Å². The molecule has 0 unspecified atom stereocenters. The maximum atomic E-state index is 14.8. The van der Waals surface area contributed by atoms with E-state index in [-0.39, 0.29) is 0 Å². The summed E-state index contributed by atoms with van der Waals surface area (Å²) >= 11 is 0. The summed E-state index contributed by atoms with van der Waals surface area (Å²) in [7, 11) is 0. The van der Waals surface area contributed by atoms with E-state index in [9.17, 15) is 26.3 Å². The van der Waals surface area contributed by atoms with Crippen molar-refractivity contribution in [2.75, 3.05) is 0 Å². The molecule has 1 aromatic carbocycles. The van der Waals surface area contributed by atoms with Crippen LogP contribution in [0.2, 0.25) is 0 Å². The Kier molecular flexibility index (Phi) is 9.37. The third-order valence-corrected chi connectivity index (χ3v) is 7.29. The number of benzene rings is 1. The molecule has 0 saturated heterocycles. The monoisotopic (exact) mass is 490 g/mol. The minimum absolute atomic E-state index is 0.328. The van der Waals surface area contributed by atoms with Gasteiger partial charge in [-0.2, -0.15) is 22.0 Å².